The smallest absolute Gasteiger partial charge is 0.343 e. The highest BCUT2D eigenvalue weighted by molar-refractivity contribution is 7.47. The summed E-state index contributed by atoms with van der Waals surface area (Å²) >= 11 is 0. The van der Waals surface area contributed by atoms with Crippen molar-refractivity contribution in [1.29, 1.82) is 0 Å². The molecule has 0 rings (SSSR count). The Kier molecular flexibility index (Phi) is 10.6. The van der Waals surface area contributed by atoms with Gasteiger partial charge in [0.25, 0.3) is 0 Å². The summed E-state index contributed by atoms with van der Waals surface area (Å²) in [7, 11) is -1.20. The van der Waals surface area contributed by atoms with Gasteiger partial charge >= 0.3 is 12.1 Å². The lowest BCUT2D eigenvalue weighted by Gasteiger charge is -2.46. The van der Waals surface area contributed by atoms with E-state index in [1.54, 1.807) is 0 Å². The van der Waals surface area contributed by atoms with Crippen molar-refractivity contribution in [3.8, 4) is 0 Å². The molecule has 0 bridgehead atoms. The Morgan fingerprint density at radius 1 is 0.885 bits per heavy atom. The summed E-state index contributed by atoms with van der Waals surface area (Å²) in [6, 6.07) is 0.0983. The Bertz CT molecular complexity index is 396. The van der Waals surface area contributed by atoms with Crippen LogP contribution in [-0.2, 0) is 9.32 Å². The molecule has 0 aromatic heterocycles. The molecule has 0 spiro atoms. The maximum absolute atomic E-state index is 12.4. The van der Waals surface area contributed by atoms with Crippen LogP contribution in [0.15, 0.2) is 0 Å². The van der Waals surface area contributed by atoms with Gasteiger partial charge in [0.15, 0.2) is 8.45 Å². The monoisotopic (exact) mass is 401 g/mol. The minimum absolute atomic E-state index is 0.0133. The van der Waals surface area contributed by atoms with Crippen molar-refractivity contribution in [3.63, 3.8) is 0 Å². The van der Waals surface area contributed by atoms with Gasteiger partial charge in [-0.25, -0.2) is 9.34 Å². The van der Waals surface area contributed by atoms with Crippen LogP contribution in [0.2, 0.25) is 0 Å². The standard InChI is InChI=1S/C17H35F3N3O2P/c1-11(2)22(12(3)4)26(23(13(5)6)14(7)8)25-10-15(9)21-16(24)17(18,19)20/h11-15H,10H2,1-9H3,(H,21,24). The Morgan fingerprint density at radius 2 is 1.23 bits per heavy atom. The lowest BCUT2D eigenvalue weighted by Crippen LogP contribution is -2.46. The third-order valence-electron chi connectivity index (χ3n) is 3.59. The van der Waals surface area contributed by atoms with Gasteiger partial charge in [-0.2, -0.15) is 13.2 Å². The van der Waals surface area contributed by atoms with Crippen molar-refractivity contribution in [3.05, 3.63) is 0 Å². The van der Waals surface area contributed by atoms with Gasteiger partial charge in [-0.3, -0.25) is 4.79 Å². The topological polar surface area (TPSA) is 44.8 Å². The van der Waals surface area contributed by atoms with E-state index in [0.717, 1.165) is 0 Å². The van der Waals surface area contributed by atoms with E-state index in [-0.39, 0.29) is 30.8 Å². The SMILES string of the molecule is CC(COP(N(C(C)C)C(C)C)N(C(C)C)C(C)C)NC(=O)C(F)(F)F. The number of hydrogen-bond acceptors (Lipinski definition) is 4. The van der Waals surface area contributed by atoms with Crippen LogP contribution in [-0.4, -0.2) is 58.2 Å². The molecule has 0 radical (unpaired) electrons. The molecule has 9 heteroatoms. The maximum Gasteiger partial charge on any atom is 0.471 e. The van der Waals surface area contributed by atoms with E-state index in [2.05, 4.69) is 64.7 Å². The quantitative estimate of drug-likeness (QED) is 0.546. The summed E-state index contributed by atoms with van der Waals surface area (Å²) < 4.78 is 47.9. The van der Waals surface area contributed by atoms with E-state index in [4.69, 9.17) is 4.52 Å². The van der Waals surface area contributed by atoms with Crippen molar-refractivity contribution in [2.75, 3.05) is 6.61 Å². The second-order valence-electron chi connectivity index (χ2n) is 7.56. The lowest BCUT2D eigenvalue weighted by molar-refractivity contribution is -0.174. The highest BCUT2D eigenvalue weighted by atomic mass is 31.2. The van der Waals surface area contributed by atoms with Crippen LogP contribution < -0.4 is 5.32 Å². The molecule has 0 saturated heterocycles. The van der Waals surface area contributed by atoms with Gasteiger partial charge in [0, 0.05) is 24.2 Å². The fourth-order valence-electron chi connectivity index (χ4n) is 2.76. The first-order chi connectivity index (χ1) is 11.7. The molecule has 1 unspecified atom stereocenters. The first-order valence-corrected chi connectivity index (χ1v) is 10.2. The van der Waals surface area contributed by atoms with Crippen molar-refractivity contribution < 1.29 is 22.5 Å². The van der Waals surface area contributed by atoms with Gasteiger partial charge in [0.05, 0.1) is 12.6 Å². The van der Waals surface area contributed by atoms with Crippen LogP contribution >= 0.6 is 8.45 Å². The second-order valence-corrected chi connectivity index (χ2v) is 9.24. The molecular weight excluding hydrogens is 366 g/mol. The fraction of sp³-hybridized carbons (Fsp3) is 0.941. The van der Waals surface area contributed by atoms with Crippen molar-refractivity contribution in [1.82, 2.24) is 14.7 Å². The largest absolute Gasteiger partial charge is 0.471 e. The fourth-order valence-corrected chi connectivity index (χ4v) is 5.20. The average molecular weight is 401 g/mol. The van der Waals surface area contributed by atoms with E-state index in [0.29, 0.717) is 0 Å². The number of carbonyl (C=O) groups is 1. The van der Waals surface area contributed by atoms with Gasteiger partial charge in [-0.05, 0) is 62.3 Å². The van der Waals surface area contributed by atoms with Crippen LogP contribution in [0.3, 0.4) is 0 Å². The first-order valence-electron chi connectivity index (χ1n) is 9.07. The predicted octanol–water partition coefficient (Wildman–Crippen LogP) is 4.53. The highest BCUT2D eigenvalue weighted by Gasteiger charge is 2.40. The summed E-state index contributed by atoms with van der Waals surface area (Å²) in [4.78, 5) is 11.1. The summed E-state index contributed by atoms with van der Waals surface area (Å²) in [5.74, 6) is -1.94. The minimum atomic E-state index is -4.89. The number of alkyl halides is 3. The molecule has 5 nitrogen and oxygen atoms in total. The molecule has 0 saturated carbocycles. The van der Waals surface area contributed by atoms with E-state index in [1.807, 2.05) is 5.32 Å². The highest BCUT2D eigenvalue weighted by Crippen LogP contribution is 2.50. The Labute approximate surface area is 157 Å². The third kappa shape index (κ3) is 8.07. The zero-order valence-electron chi connectivity index (χ0n) is 17.4. The Hall–Kier alpha value is -0.430. The normalized spacial score (nSPS) is 14.6. The summed E-state index contributed by atoms with van der Waals surface area (Å²) in [5.41, 5.74) is 0. The van der Waals surface area contributed by atoms with Gasteiger partial charge in [0.1, 0.15) is 0 Å². The van der Waals surface area contributed by atoms with Crippen LogP contribution in [0.5, 0.6) is 0 Å². The molecule has 0 fully saturated rings. The number of nitrogens with one attached hydrogen (secondary N) is 1. The second kappa shape index (κ2) is 10.8. The molecule has 0 aliphatic rings. The molecule has 0 aliphatic heterocycles. The minimum Gasteiger partial charge on any atom is -0.343 e. The van der Waals surface area contributed by atoms with Crippen LogP contribution in [0.4, 0.5) is 13.2 Å². The Balaban J connectivity index is 5.33. The van der Waals surface area contributed by atoms with Crippen molar-refractivity contribution in [2.24, 2.45) is 0 Å². The van der Waals surface area contributed by atoms with Crippen LogP contribution in [0, 0.1) is 0 Å². The molecule has 26 heavy (non-hydrogen) atoms. The number of nitrogens with zero attached hydrogens (tertiary/aromatic N) is 2. The van der Waals surface area contributed by atoms with Crippen molar-refractivity contribution in [2.45, 2.75) is 98.7 Å². The average Bonchev–Trinajstić information content (AvgIpc) is 2.41. The summed E-state index contributed by atoms with van der Waals surface area (Å²) in [6.07, 6.45) is -4.89. The van der Waals surface area contributed by atoms with Gasteiger partial charge < -0.3 is 9.84 Å². The molecular formula is C17H35F3N3O2P. The molecule has 156 valence electrons. The van der Waals surface area contributed by atoms with Crippen LogP contribution in [0.25, 0.3) is 0 Å². The first kappa shape index (κ1) is 25.6. The van der Waals surface area contributed by atoms with Crippen LogP contribution in [0.1, 0.15) is 62.3 Å². The molecule has 0 heterocycles. The third-order valence-corrected chi connectivity index (χ3v) is 6.60. The van der Waals surface area contributed by atoms with E-state index >= 15 is 0 Å². The zero-order chi connectivity index (χ0) is 20.8. The van der Waals surface area contributed by atoms with Gasteiger partial charge in [-0.1, -0.05) is 0 Å². The van der Waals surface area contributed by atoms with E-state index in [1.165, 1.54) is 6.92 Å². The molecule has 1 atom stereocenters. The zero-order valence-corrected chi connectivity index (χ0v) is 18.3. The van der Waals surface area contributed by atoms with E-state index < -0.39 is 26.6 Å². The molecule has 1 N–H and O–H groups in total. The molecule has 0 aliphatic carbocycles. The number of halogens is 3. The number of hydrogen-bond donors (Lipinski definition) is 1. The number of amides is 1. The Morgan fingerprint density at radius 3 is 1.50 bits per heavy atom. The van der Waals surface area contributed by atoms with Crippen molar-refractivity contribution >= 4 is 14.4 Å². The van der Waals surface area contributed by atoms with E-state index in [9.17, 15) is 18.0 Å². The maximum atomic E-state index is 12.4. The summed E-state index contributed by atoms with van der Waals surface area (Å²) in [5, 5.41) is 1.95. The molecule has 0 aromatic carbocycles. The molecule has 0 aromatic rings. The molecule has 1 amide bonds. The van der Waals surface area contributed by atoms with Gasteiger partial charge in [-0.15, -0.1) is 0 Å². The number of rotatable bonds is 10. The number of carbonyl (C=O) groups excluding carboxylic acids is 1. The van der Waals surface area contributed by atoms with Gasteiger partial charge in [0.2, 0.25) is 0 Å². The lowest BCUT2D eigenvalue weighted by atomic mass is 10.3. The summed E-state index contributed by atoms with van der Waals surface area (Å²) in [6.45, 7) is 18.1. The predicted molar refractivity (Wildman–Crippen MR) is 101 cm³/mol.